The van der Waals surface area contributed by atoms with Gasteiger partial charge in [-0.1, -0.05) is 36.9 Å². The van der Waals surface area contributed by atoms with Gasteiger partial charge < -0.3 is 4.90 Å². The van der Waals surface area contributed by atoms with Crippen molar-refractivity contribution in [3.63, 3.8) is 0 Å². The largest absolute Gasteiger partial charge is 0.312 e. The molecule has 132 valence electrons. The fourth-order valence-corrected chi connectivity index (χ4v) is 4.16. The maximum absolute atomic E-state index is 12.3. The van der Waals surface area contributed by atoms with Crippen LogP contribution in [0, 0.1) is 5.92 Å². The smallest absolute Gasteiger partial charge is 0.257 e. The summed E-state index contributed by atoms with van der Waals surface area (Å²) in [5, 5.41) is 11.4. The van der Waals surface area contributed by atoms with Crippen LogP contribution < -0.4 is 10.2 Å². The number of benzene rings is 1. The minimum Gasteiger partial charge on any atom is -0.312 e. The predicted octanol–water partition coefficient (Wildman–Crippen LogP) is 3.67. The van der Waals surface area contributed by atoms with Gasteiger partial charge in [-0.05, 0) is 36.6 Å². The van der Waals surface area contributed by atoms with Gasteiger partial charge >= 0.3 is 0 Å². The molecule has 0 spiro atoms. The Bertz CT molecular complexity index is 758. The second-order valence-corrected chi connectivity index (χ2v) is 8.47. The van der Waals surface area contributed by atoms with Gasteiger partial charge in [0.2, 0.25) is 11.0 Å². The molecule has 3 rings (SSSR count). The van der Waals surface area contributed by atoms with Crippen molar-refractivity contribution in [3.05, 3.63) is 29.8 Å². The van der Waals surface area contributed by atoms with Crippen molar-refractivity contribution in [1.29, 1.82) is 0 Å². The van der Waals surface area contributed by atoms with Crippen LogP contribution in [-0.4, -0.2) is 34.3 Å². The number of rotatable bonds is 6. The van der Waals surface area contributed by atoms with Crippen molar-refractivity contribution in [1.82, 2.24) is 10.2 Å². The van der Waals surface area contributed by atoms with Crippen LogP contribution in [0.25, 0.3) is 0 Å². The van der Waals surface area contributed by atoms with Gasteiger partial charge in [-0.3, -0.25) is 14.9 Å². The molecule has 0 radical (unpaired) electrons. The highest BCUT2D eigenvalue weighted by molar-refractivity contribution is 8.01. The van der Waals surface area contributed by atoms with E-state index in [1.165, 1.54) is 11.3 Å². The molecule has 0 unspecified atom stereocenters. The van der Waals surface area contributed by atoms with Gasteiger partial charge in [0, 0.05) is 30.0 Å². The molecule has 25 heavy (non-hydrogen) atoms. The Kier molecular flexibility index (Phi) is 5.70. The molecule has 1 N–H and O–H groups in total. The van der Waals surface area contributed by atoms with Crippen LogP contribution in [0.4, 0.5) is 10.8 Å². The number of hydrogen-bond donors (Lipinski definition) is 1. The lowest BCUT2D eigenvalue weighted by Gasteiger charge is -2.15. The number of hydrogen-bond acceptors (Lipinski definition) is 6. The van der Waals surface area contributed by atoms with Crippen LogP contribution in [0.2, 0.25) is 0 Å². The third-order valence-electron chi connectivity index (χ3n) is 3.68. The summed E-state index contributed by atoms with van der Waals surface area (Å²) in [5.41, 5.74) is 1.37. The van der Waals surface area contributed by atoms with Crippen molar-refractivity contribution in [2.45, 2.75) is 31.0 Å². The maximum Gasteiger partial charge on any atom is 0.257 e. The minimum atomic E-state index is -0.226. The molecule has 1 aliphatic rings. The molecule has 1 aromatic heterocycles. The predicted molar refractivity (Wildman–Crippen MR) is 101 cm³/mol. The molecule has 1 aromatic carbocycles. The van der Waals surface area contributed by atoms with Gasteiger partial charge in [0.25, 0.3) is 5.91 Å². The van der Waals surface area contributed by atoms with E-state index in [1.807, 2.05) is 12.1 Å². The molecule has 1 fully saturated rings. The van der Waals surface area contributed by atoms with Crippen LogP contribution in [-0.2, 0) is 4.79 Å². The Morgan fingerprint density at radius 1 is 1.32 bits per heavy atom. The van der Waals surface area contributed by atoms with E-state index in [1.54, 1.807) is 28.8 Å². The van der Waals surface area contributed by atoms with Crippen LogP contribution >= 0.6 is 23.1 Å². The van der Waals surface area contributed by atoms with E-state index in [4.69, 9.17) is 0 Å². The highest BCUT2D eigenvalue weighted by Crippen LogP contribution is 2.27. The number of carbonyl (C=O) groups excluding carboxylic acids is 2. The lowest BCUT2D eigenvalue weighted by Crippen LogP contribution is -2.23. The van der Waals surface area contributed by atoms with E-state index >= 15 is 0 Å². The third kappa shape index (κ3) is 4.58. The fraction of sp³-hybridized carbons (Fsp3) is 0.412. The number of nitrogens with zero attached hydrogens (tertiary/aromatic N) is 3. The lowest BCUT2D eigenvalue weighted by atomic mass is 10.2. The molecule has 1 saturated heterocycles. The standard InChI is InChI=1S/C17H20N4O2S2/c1-11(2)10-24-17-20-19-16(25-17)18-15(23)12-5-7-13(8-6-12)21-9-3-4-14(21)22/h5-8,11H,3-4,9-10H2,1-2H3,(H,18,19,23). The average Bonchev–Trinajstić information content (AvgIpc) is 3.22. The number of thioether (sulfide) groups is 1. The SMILES string of the molecule is CC(C)CSc1nnc(NC(=O)c2ccc(N3CCCC3=O)cc2)s1. The van der Waals surface area contributed by atoms with Crippen molar-refractivity contribution in [2.75, 3.05) is 22.5 Å². The van der Waals surface area contributed by atoms with E-state index in [9.17, 15) is 9.59 Å². The first-order valence-corrected chi connectivity index (χ1v) is 10.0. The zero-order valence-corrected chi connectivity index (χ0v) is 15.8. The Labute approximate surface area is 155 Å². The summed E-state index contributed by atoms with van der Waals surface area (Å²) in [5.74, 6) is 1.46. The molecule has 8 heteroatoms. The number of carbonyl (C=O) groups is 2. The van der Waals surface area contributed by atoms with E-state index < -0.39 is 0 Å². The Morgan fingerprint density at radius 3 is 2.72 bits per heavy atom. The molecule has 0 aliphatic carbocycles. The van der Waals surface area contributed by atoms with Gasteiger partial charge in [-0.25, -0.2) is 0 Å². The van der Waals surface area contributed by atoms with Gasteiger partial charge in [0.15, 0.2) is 4.34 Å². The molecule has 0 saturated carbocycles. The quantitative estimate of drug-likeness (QED) is 0.615. The van der Waals surface area contributed by atoms with Crippen LogP contribution in [0.3, 0.4) is 0 Å². The molecular formula is C17H20N4O2S2. The summed E-state index contributed by atoms with van der Waals surface area (Å²) < 4.78 is 0.854. The van der Waals surface area contributed by atoms with Crippen LogP contribution in [0.5, 0.6) is 0 Å². The fourth-order valence-electron chi connectivity index (χ4n) is 2.44. The number of aromatic nitrogens is 2. The summed E-state index contributed by atoms with van der Waals surface area (Å²) in [6, 6.07) is 7.07. The monoisotopic (exact) mass is 376 g/mol. The molecule has 0 atom stereocenters. The molecular weight excluding hydrogens is 356 g/mol. The second-order valence-electron chi connectivity index (χ2n) is 6.23. The van der Waals surface area contributed by atoms with E-state index in [2.05, 4.69) is 29.4 Å². The van der Waals surface area contributed by atoms with Crippen LogP contribution in [0.1, 0.15) is 37.0 Å². The van der Waals surface area contributed by atoms with E-state index in [-0.39, 0.29) is 11.8 Å². The first-order chi connectivity index (χ1) is 12.0. The van der Waals surface area contributed by atoms with E-state index in [0.29, 0.717) is 23.0 Å². The molecule has 2 amide bonds. The Balaban J connectivity index is 1.60. The summed E-state index contributed by atoms with van der Waals surface area (Å²) in [6.45, 7) is 5.04. The summed E-state index contributed by atoms with van der Waals surface area (Å²) >= 11 is 3.02. The zero-order chi connectivity index (χ0) is 17.8. The summed E-state index contributed by atoms with van der Waals surface area (Å²) in [4.78, 5) is 25.8. The molecule has 6 nitrogen and oxygen atoms in total. The summed E-state index contributed by atoms with van der Waals surface area (Å²) in [6.07, 6.45) is 1.48. The first-order valence-electron chi connectivity index (χ1n) is 8.21. The zero-order valence-electron chi connectivity index (χ0n) is 14.2. The number of nitrogens with one attached hydrogen (secondary N) is 1. The number of anilines is 2. The van der Waals surface area contributed by atoms with Crippen molar-refractivity contribution < 1.29 is 9.59 Å². The maximum atomic E-state index is 12.3. The van der Waals surface area contributed by atoms with Gasteiger partial charge in [0.1, 0.15) is 0 Å². The first kappa shape index (κ1) is 17.9. The third-order valence-corrected chi connectivity index (χ3v) is 6.08. The highest BCUT2D eigenvalue weighted by atomic mass is 32.2. The van der Waals surface area contributed by atoms with Crippen molar-refractivity contribution in [3.8, 4) is 0 Å². The molecule has 1 aliphatic heterocycles. The Hall–Kier alpha value is -1.93. The minimum absolute atomic E-state index is 0.137. The lowest BCUT2D eigenvalue weighted by molar-refractivity contribution is -0.117. The van der Waals surface area contributed by atoms with Gasteiger partial charge in [-0.15, -0.1) is 10.2 Å². The van der Waals surface area contributed by atoms with Gasteiger partial charge in [0.05, 0.1) is 0 Å². The normalized spacial score (nSPS) is 14.4. The molecule has 2 aromatic rings. The average molecular weight is 377 g/mol. The van der Waals surface area contributed by atoms with Crippen LogP contribution in [0.15, 0.2) is 28.6 Å². The number of amides is 2. The Morgan fingerprint density at radius 2 is 2.08 bits per heavy atom. The topological polar surface area (TPSA) is 75.2 Å². The molecule has 0 bridgehead atoms. The van der Waals surface area contributed by atoms with Crippen molar-refractivity contribution in [2.24, 2.45) is 5.92 Å². The van der Waals surface area contributed by atoms with Crippen molar-refractivity contribution >= 4 is 45.7 Å². The summed E-state index contributed by atoms with van der Waals surface area (Å²) in [7, 11) is 0. The second kappa shape index (κ2) is 7.97. The van der Waals surface area contributed by atoms with Gasteiger partial charge in [-0.2, -0.15) is 0 Å². The van der Waals surface area contributed by atoms with E-state index in [0.717, 1.165) is 28.7 Å². The molecule has 2 heterocycles. The highest BCUT2D eigenvalue weighted by Gasteiger charge is 2.21.